The van der Waals surface area contributed by atoms with Crippen LogP contribution in [0.15, 0.2) is 18.2 Å². The summed E-state index contributed by atoms with van der Waals surface area (Å²) in [6.45, 7) is 3.55. The maximum Gasteiger partial charge on any atom is 0.310 e. The number of benzene rings is 1. The van der Waals surface area contributed by atoms with Crippen LogP contribution in [0.5, 0.6) is 11.5 Å². The molecule has 0 bridgehead atoms. The molecule has 1 aromatic rings. The largest absolute Gasteiger partial charge is 0.493 e. The van der Waals surface area contributed by atoms with Crippen molar-refractivity contribution in [2.45, 2.75) is 45.4 Å². The van der Waals surface area contributed by atoms with Gasteiger partial charge in [-0.15, -0.1) is 0 Å². The van der Waals surface area contributed by atoms with E-state index in [0.29, 0.717) is 29.6 Å². The van der Waals surface area contributed by atoms with E-state index in [0.717, 1.165) is 12.8 Å². The molecule has 0 heterocycles. The van der Waals surface area contributed by atoms with E-state index < -0.39 is 29.2 Å². The van der Waals surface area contributed by atoms with Gasteiger partial charge in [-0.1, -0.05) is 6.07 Å². The van der Waals surface area contributed by atoms with Gasteiger partial charge in [-0.2, -0.15) is 5.26 Å². The lowest BCUT2D eigenvalue weighted by Gasteiger charge is -2.32. The number of nitrogens with zero attached hydrogens (tertiary/aromatic N) is 1. The summed E-state index contributed by atoms with van der Waals surface area (Å²) in [6.07, 6.45) is 2.25. The normalized spacial score (nSPS) is 15.9. The van der Waals surface area contributed by atoms with Crippen molar-refractivity contribution in [2.75, 3.05) is 13.7 Å². The number of ether oxygens (including phenoxy) is 2. The molecule has 2 rings (SSSR count). The van der Waals surface area contributed by atoms with E-state index in [2.05, 4.69) is 6.07 Å². The lowest BCUT2D eigenvalue weighted by molar-refractivity contribution is -0.149. The van der Waals surface area contributed by atoms with Gasteiger partial charge in [-0.25, -0.2) is 0 Å². The van der Waals surface area contributed by atoms with Crippen molar-refractivity contribution in [1.82, 2.24) is 0 Å². The molecule has 28 heavy (non-hydrogen) atoms. The van der Waals surface area contributed by atoms with Gasteiger partial charge in [-0.05, 0) is 56.7 Å². The molecule has 7 heteroatoms. The van der Waals surface area contributed by atoms with Crippen molar-refractivity contribution in [3.05, 3.63) is 23.8 Å². The molecule has 0 amide bonds. The molecular weight excluding hydrogens is 362 g/mol. The highest BCUT2D eigenvalue weighted by Gasteiger charge is 2.42. The summed E-state index contributed by atoms with van der Waals surface area (Å²) >= 11 is 0. The summed E-state index contributed by atoms with van der Waals surface area (Å²) in [5.41, 5.74) is -0.666. The highest BCUT2D eigenvalue weighted by atomic mass is 16.5. The summed E-state index contributed by atoms with van der Waals surface area (Å²) < 4.78 is 11.2. The molecule has 152 valence electrons. The van der Waals surface area contributed by atoms with Crippen LogP contribution in [0.2, 0.25) is 0 Å². The fraction of sp³-hybridized carbons (Fsp3) is 0.571. The average Bonchev–Trinajstić information content (AvgIpc) is 3.47. The Morgan fingerprint density at radius 3 is 2.46 bits per heavy atom. The number of nitriles is 1. The van der Waals surface area contributed by atoms with Crippen molar-refractivity contribution in [3.63, 3.8) is 0 Å². The number of carbonyl (C=O) groups is 2. The Kier molecular flexibility index (Phi) is 6.90. The number of aliphatic carboxylic acids is 2. The van der Waals surface area contributed by atoms with Gasteiger partial charge in [0.2, 0.25) is 0 Å². The Hall–Kier alpha value is -2.75. The van der Waals surface area contributed by atoms with Crippen LogP contribution < -0.4 is 9.47 Å². The molecule has 2 unspecified atom stereocenters. The van der Waals surface area contributed by atoms with E-state index >= 15 is 0 Å². The summed E-state index contributed by atoms with van der Waals surface area (Å²) in [7, 11) is 1.53. The molecule has 0 aromatic heterocycles. The Balaban J connectivity index is 2.40. The highest BCUT2D eigenvalue weighted by Crippen LogP contribution is 2.43. The predicted molar refractivity (Wildman–Crippen MR) is 101 cm³/mol. The van der Waals surface area contributed by atoms with Gasteiger partial charge in [0.1, 0.15) is 0 Å². The number of rotatable bonds is 11. The third-order valence-electron chi connectivity index (χ3n) is 5.33. The second kappa shape index (κ2) is 8.96. The summed E-state index contributed by atoms with van der Waals surface area (Å²) in [4.78, 5) is 22.9. The van der Waals surface area contributed by atoms with Gasteiger partial charge in [0, 0.05) is 12.3 Å². The zero-order valence-corrected chi connectivity index (χ0v) is 16.5. The third kappa shape index (κ3) is 5.16. The number of methoxy groups -OCH3 is 1. The fourth-order valence-electron chi connectivity index (χ4n) is 3.22. The second-order valence-corrected chi connectivity index (χ2v) is 7.84. The maximum atomic E-state index is 11.7. The molecule has 0 aliphatic heterocycles. The summed E-state index contributed by atoms with van der Waals surface area (Å²) in [6, 6.07) is 7.32. The molecule has 2 N–H and O–H groups in total. The van der Waals surface area contributed by atoms with Crippen molar-refractivity contribution < 1.29 is 29.3 Å². The third-order valence-corrected chi connectivity index (χ3v) is 5.33. The zero-order valence-electron chi connectivity index (χ0n) is 16.5. The number of carboxylic acids is 2. The van der Waals surface area contributed by atoms with E-state index in [1.54, 1.807) is 18.2 Å². The number of carboxylic acid groups (broad SMARTS) is 2. The maximum absolute atomic E-state index is 11.7. The average molecular weight is 389 g/mol. The minimum Gasteiger partial charge on any atom is -0.493 e. The Morgan fingerprint density at radius 1 is 1.29 bits per heavy atom. The fourth-order valence-corrected chi connectivity index (χ4v) is 3.22. The van der Waals surface area contributed by atoms with Gasteiger partial charge < -0.3 is 19.7 Å². The Labute approximate surface area is 164 Å². The van der Waals surface area contributed by atoms with Crippen LogP contribution in [0.4, 0.5) is 0 Å². The van der Waals surface area contributed by atoms with Crippen LogP contribution in [-0.2, 0) is 9.59 Å². The van der Waals surface area contributed by atoms with Gasteiger partial charge in [0.25, 0.3) is 0 Å². The lowest BCUT2D eigenvalue weighted by atomic mass is 9.69. The topological polar surface area (TPSA) is 117 Å². The van der Waals surface area contributed by atoms with Gasteiger partial charge >= 0.3 is 11.9 Å². The molecule has 0 radical (unpaired) electrons. The number of hydrogen-bond donors (Lipinski definition) is 2. The van der Waals surface area contributed by atoms with Crippen molar-refractivity contribution in [2.24, 2.45) is 17.3 Å². The lowest BCUT2D eigenvalue weighted by Crippen LogP contribution is -2.36. The molecule has 0 saturated heterocycles. The molecule has 1 fully saturated rings. The molecule has 0 spiro atoms. The van der Waals surface area contributed by atoms with E-state index in [-0.39, 0.29) is 12.8 Å². The van der Waals surface area contributed by atoms with Crippen LogP contribution in [0.25, 0.3) is 0 Å². The van der Waals surface area contributed by atoms with Gasteiger partial charge in [0.15, 0.2) is 11.5 Å². The first kappa shape index (κ1) is 21.5. The van der Waals surface area contributed by atoms with Crippen LogP contribution >= 0.6 is 0 Å². The predicted octanol–water partition coefficient (Wildman–Crippen LogP) is 3.68. The van der Waals surface area contributed by atoms with E-state index in [1.807, 2.05) is 0 Å². The molecule has 1 aromatic carbocycles. The second-order valence-electron chi connectivity index (χ2n) is 7.84. The standard InChI is InChI=1S/C21H27NO6/c1-21(2,20(25)26)16(11-22)15(7-9-19(23)24)14-6-8-17(27-3)18(10-14)28-12-13-4-5-13/h6,8,10,13,15-16H,4-5,7,9,12H2,1-3H3,(H,23,24)(H,25,26). The van der Waals surface area contributed by atoms with E-state index in [1.165, 1.54) is 21.0 Å². The van der Waals surface area contributed by atoms with Crippen LogP contribution in [0, 0.1) is 28.6 Å². The summed E-state index contributed by atoms with van der Waals surface area (Å²) in [5.74, 6) is -1.96. The van der Waals surface area contributed by atoms with Crippen LogP contribution in [0.3, 0.4) is 0 Å². The van der Waals surface area contributed by atoms with Gasteiger partial charge in [0.05, 0.1) is 31.1 Å². The van der Waals surface area contributed by atoms with Crippen molar-refractivity contribution in [1.29, 1.82) is 5.26 Å². The quantitative estimate of drug-likeness (QED) is 0.593. The van der Waals surface area contributed by atoms with Crippen molar-refractivity contribution >= 4 is 11.9 Å². The Bertz CT molecular complexity index is 763. The van der Waals surface area contributed by atoms with Crippen molar-refractivity contribution in [3.8, 4) is 17.6 Å². The minimum atomic E-state index is -1.34. The summed E-state index contributed by atoms with van der Waals surface area (Å²) in [5, 5.41) is 28.5. The van der Waals surface area contributed by atoms with Crippen LogP contribution in [-0.4, -0.2) is 35.9 Å². The first-order chi connectivity index (χ1) is 13.2. The molecule has 1 saturated carbocycles. The Morgan fingerprint density at radius 2 is 1.96 bits per heavy atom. The monoisotopic (exact) mass is 389 g/mol. The smallest absolute Gasteiger partial charge is 0.310 e. The number of hydrogen-bond acceptors (Lipinski definition) is 5. The van der Waals surface area contributed by atoms with E-state index in [4.69, 9.17) is 14.6 Å². The molecule has 1 aliphatic rings. The minimum absolute atomic E-state index is 0.151. The first-order valence-corrected chi connectivity index (χ1v) is 9.36. The van der Waals surface area contributed by atoms with Crippen LogP contribution in [0.1, 0.15) is 51.0 Å². The molecule has 7 nitrogen and oxygen atoms in total. The molecular formula is C21H27NO6. The zero-order chi connectivity index (χ0) is 20.9. The SMILES string of the molecule is COc1ccc(C(CCC(=O)O)C(C#N)C(C)(C)C(=O)O)cc1OCC1CC1. The first-order valence-electron chi connectivity index (χ1n) is 9.36. The van der Waals surface area contributed by atoms with E-state index in [9.17, 15) is 20.0 Å². The highest BCUT2D eigenvalue weighted by molar-refractivity contribution is 5.75. The molecule has 1 aliphatic carbocycles. The van der Waals surface area contributed by atoms with Gasteiger partial charge in [-0.3, -0.25) is 9.59 Å². The molecule has 2 atom stereocenters.